The fourth-order valence-electron chi connectivity index (χ4n) is 3.07. The summed E-state index contributed by atoms with van der Waals surface area (Å²) < 4.78 is 0. The molecule has 1 nitrogen and oxygen atoms in total. The first-order chi connectivity index (χ1) is 7.03. The van der Waals surface area contributed by atoms with Gasteiger partial charge in [-0.1, -0.05) is 18.2 Å². The molecule has 1 heteroatoms. The zero-order valence-electron chi connectivity index (χ0n) is 9.64. The maximum atomic E-state index is 6.46. The van der Waals surface area contributed by atoms with Crippen LogP contribution in [0.3, 0.4) is 0 Å². The molecule has 0 atom stereocenters. The van der Waals surface area contributed by atoms with E-state index in [9.17, 15) is 0 Å². The van der Waals surface area contributed by atoms with E-state index in [1.54, 1.807) is 0 Å². The van der Waals surface area contributed by atoms with Crippen LogP contribution in [0.2, 0.25) is 0 Å². The Kier molecular flexibility index (Phi) is 1.66. The first kappa shape index (κ1) is 9.41. The molecule has 0 amide bonds. The molecule has 2 aliphatic carbocycles. The molecule has 1 aromatic carbocycles. The van der Waals surface area contributed by atoms with Crippen molar-refractivity contribution in [3.05, 3.63) is 34.9 Å². The van der Waals surface area contributed by atoms with Crippen LogP contribution in [0.15, 0.2) is 18.2 Å². The quantitative estimate of drug-likeness (QED) is 0.742. The van der Waals surface area contributed by atoms with E-state index < -0.39 is 0 Å². The minimum absolute atomic E-state index is 0.00500. The number of hydrogen-bond donors (Lipinski definition) is 1. The smallest absolute Gasteiger partial charge is 0.0420 e. The van der Waals surface area contributed by atoms with Crippen LogP contribution in [0.25, 0.3) is 0 Å². The van der Waals surface area contributed by atoms with E-state index in [1.165, 1.54) is 42.4 Å². The van der Waals surface area contributed by atoms with Crippen molar-refractivity contribution < 1.29 is 0 Å². The van der Waals surface area contributed by atoms with Crippen LogP contribution in [-0.4, -0.2) is 0 Å². The SMILES string of the molecule is Cc1ccc(C2(N)CC3(CC3)C2)cc1C. The van der Waals surface area contributed by atoms with E-state index in [0.29, 0.717) is 5.41 Å². The van der Waals surface area contributed by atoms with Crippen molar-refractivity contribution in [1.29, 1.82) is 0 Å². The molecule has 2 N–H and O–H groups in total. The number of benzene rings is 1. The molecule has 1 aromatic rings. The van der Waals surface area contributed by atoms with Crippen LogP contribution >= 0.6 is 0 Å². The fourth-order valence-corrected chi connectivity index (χ4v) is 3.07. The van der Waals surface area contributed by atoms with Gasteiger partial charge >= 0.3 is 0 Å². The van der Waals surface area contributed by atoms with Gasteiger partial charge in [0.2, 0.25) is 0 Å². The second-order valence-electron chi connectivity index (χ2n) is 5.81. The second kappa shape index (κ2) is 2.65. The fraction of sp³-hybridized carbons (Fsp3) is 0.571. The molecule has 80 valence electrons. The molecular formula is C14H19N. The molecule has 2 saturated carbocycles. The molecule has 0 radical (unpaired) electrons. The maximum Gasteiger partial charge on any atom is 0.0420 e. The molecule has 15 heavy (non-hydrogen) atoms. The summed E-state index contributed by atoms with van der Waals surface area (Å²) in [5, 5.41) is 0. The van der Waals surface area contributed by atoms with Crippen molar-refractivity contribution in [1.82, 2.24) is 0 Å². The van der Waals surface area contributed by atoms with Crippen molar-refractivity contribution >= 4 is 0 Å². The third kappa shape index (κ3) is 1.33. The van der Waals surface area contributed by atoms with Gasteiger partial charge in [0.1, 0.15) is 0 Å². The molecule has 0 saturated heterocycles. The third-order valence-electron chi connectivity index (χ3n) is 4.42. The summed E-state index contributed by atoms with van der Waals surface area (Å²) in [6.07, 6.45) is 5.25. The molecule has 0 bridgehead atoms. The van der Waals surface area contributed by atoms with Crippen molar-refractivity contribution in [2.45, 2.75) is 45.1 Å². The predicted octanol–water partition coefficient (Wildman–Crippen LogP) is 3.03. The van der Waals surface area contributed by atoms with E-state index in [2.05, 4.69) is 32.0 Å². The van der Waals surface area contributed by atoms with Gasteiger partial charge in [-0.2, -0.15) is 0 Å². The zero-order valence-corrected chi connectivity index (χ0v) is 9.64. The standard InChI is InChI=1S/C14H19N/c1-10-3-4-12(7-11(10)2)14(15)8-13(9-14)5-6-13/h3-4,7H,5-6,8-9,15H2,1-2H3. The van der Waals surface area contributed by atoms with Crippen LogP contribution in [-0.2, 0) is 5.54 Å². The largest absolute Gasteiger partial charge is 0.321 e. The summed E-state index contributed by atoms with van der Waals surface area (Å²) >= 11 is 0. The molecule has 3 rings (SSSR count). The normalized spacial score (nSPS) is 25.0. The summed E-state index contributed by atoms with van der Waals surface area (Å²) in [4.78, 5) is 0. The summed E-state index contributed by atoms with van der Waals surface area (Å²) in [5.41, 5.74) is 11.2. The Hall–Kier alpha value is -0.820. The number of hydrogen-bond acceptors (Lipinski definition) is 1. The molecule has 0 unspecified atom stereocenters. The van der Waals surface area contributed by atoms with Crippen LogP contribution in [0.4, 0.5) is 0 Å². The lowest BCUT2D eigenvalue weighted by molar-refractivity contribution is 0.125. The Balaban J connectivity index is 1.89. The van der Waals surface area contributed by atoms with E-state index in [-0.39, 0.29) is 5.54 Å². The zero-order chi connectivity index (χ0) is 10.7. The van der Waals surface area contributed by atoms with E-state index in [1.807, 2.05) is 0 Å². The lowest BCUT2D eigenvalue weighted by Gasteiger charge is -2.46. The van der Waals surface area contributed by atoms with Crippen LogP contribution in [0.1, 0.15) is 42.4 Å². The Morgan fingerprint density at radius 2 is 1.73 bits per heavy atom. The number of nitrogens with two attached hydrogens (primary N) is 1. The second-order valence-corrected chi connectivity index (χ2v) is 5.81. The van der Waals surface area contributed by atoms with Gasteiger partial charge in [-0.25, -0.2) is 0 Å². The maximum absolute atomic E-state index is 6.46. The van der Waals surface area contributed by atoms with E-state index in [4.69, 9.17) is 5.73 Å². The van der Waals surface area contributed by atoms with Gasteiger partial charge in [0.25, 0.3) is 0 Å². The highest BCUT2D eigenvalue weighted by Gasteiger charge is 2.59. The highest BCUT2D eigenvalue weighted by molar-refractivity contribution is 5.37. The Bertz CT molecular complexity index is 407. The first-order valence-corrected chi connectivity index (χ1v) is 5.90. The van der Waals surface area contributed by atoms with Crippen LogP contribution in [0, 0.1) is 19.3 Å². The van der Waals surface area contributed by atoms with Gasteiger partial charge in [-0.05, 0) is 61.6 Å². The lowest BCUT2D eigenvalue weighted by Crippen LogP contribution is -2.50. The van der Waals surface area contributed by atoms with Gasteiger partial charge in [0.05, 0.1) is 0 Å². The minimum Gasteiger partial charge on any atom is -0.321 e. The highest BCUT2D eigenvalue weighted by Crippen LogP contribution is 2.66. The van der Waals surface area contributed by atoms with Gasteiger partial charge in [-0.15, -0.1) is 0 Å². The van der Waals surface area contributed by atoms with Crippen molar-refractivity contribution in [2.24, 2.45) is 11.1 Å². The Morgan fingerprint density at radius 1 is 1.07 bits per heavy atom. The van der Waals surface area contributed by atoms with E-state index >= 15 is 0 Å². The molecule has 0 heterocycles. The topological polar surface area (TPSA) is 26.0 Å². The van der Waals surface area contributed by atoms with Crippen molar-refractivity contribution in [2.75, 3.05) is 0 Å². The van der Waals surface area contributed by atoms with Crippen molar-refractivity contribution in [3.8, 4) is 0 Å². The minimum atomic E-state index is -0.00500. The number of rotatable bonds is 1. The average molecular weight is 201 g/mol. The monoisotopic (exact) mass is 201 g/mol. The Labute approximate surface area is 91.7 Å². The third-order valence-corrected chi connectivity index (χ3v) is 4.42. The summed E-state index contributed by atoms with van der Waals surface area (Å²) in [6, 6.07) is 6.71. The molecule has 0 aliphatic heterocycles. The Morgan fingerprint density at radius 3 is 2.27 bits per heavy atom. The van der Waals surface area contributed by atoms with Crippen LogP contribution < -0.4 is 5.73 Å². The van der Waals surface area contributed by atoms with Crippen molar-refractivity contribution in [3.63, 3.8) is 0 Å². The van der Waals surface area contributed by atoms with Gasteiger partial charge < -0.3 is 5.73 Å². The lowest BCUT2D eigenvalue weighted by atomic mass is 9.63. The molecule has 0 aromatic heterocycles. The summed E-state index contributed by atoms with van der Waals surface area (Å²) in [5.74, 6) is 0. The molecule has 1 spiro atoms. The molecule has 2 aliphatic rings. The summed E-state index contributed by atoms with van der Waals surface area (Å²) in [7, 11) is 0. The molecule has 2 fully saturated rings. The predicted molar refractivity (Wildman–Crippen MR) is 62.7 cm³/mol. The van der Waals surface area contributed by atoms with Crippen LogP contribution in [0.5, 0.6) is 0 Å². The molecular weight excluding hydrogens is 182 g/mol. The average Bonchev–Trinajstić information content (AvgIpc) is 2.89. The van der Waals surface area contributed by atoms with E-state index in [0.717, 1.165) is 0 Å². The van der Waals surface area contributed by atoms with Gasteiger partial charge in [-0.3, -0.25) is 0 Å². The van der Waals surface area contributed by atoms with Gasteiger partial charge in [0, 0.05) is 5.54 Å². The summed E-state index contributed by atoms with van der Waals surface area (Å²) in [6.45, 7) is 4.33. The highest BCUT2D eigenvalue weighted by atomic mass is 14.8. The first-order valence-electron chi connectivity index (χ1n) is 5.90. The number of aryl methyl sites for hydroxylation is 2. The van der Waals surface area contributed by atoms with Gasteiger partial charge in [0.15, 0.2) is 0 Å².